The fraction of sp³-hybridized carbons (Fsp3) is 0.357. The van der Waals surface area contributed by atoms with Crippen LogP contribution in [0.3, 0.4) is 0 Å². The zero-order chi connectivity index (χ0) is 29.2. The van der Waals surface area contributed by atoms with Gasteiger partial charge < -0.3 is 0 Å². The SMILES string of the molecule is Cc1ccc(C)nc1.Cc1ccc(C)nn1.Cc1cnc(C)cn1.Cc1cnc(C)nc1.Cc1nnn(C)n1. The van der Waals surface area contributed by atoms with E-state index in [9.17, 15) is 0 Å². The molecule has 0 N–H and O–H groups in total. The molecule has 5 aromatic rings. The summed E-state index contributed by atoms with van der Waals surface area (Å²) in [4.78, 5) is 21.5. The van der Waals surface area contributed by atoms with Gasteiger partial charge in [-0.25, -0.2) is 9.97 Å². The molecular weight excluding hydrogens is 490 g/mol. The van der Waals surface area contributed by atoms with Gasteiger partial charge in [-0.05, 0) is 96.9 Å². The highest BCUT2D eigenvalue weighted by Gasteiger charge is 1.86. The van der Waals surface area contributed by atoms with Crippen LogP contribution in [0.1, 0.15) is 51.2 Å². The van der Waals surface area contributed by atoms with Gasteiger partial charge in [0.05, 0.1) is 29.8 Å². The van der Waals surface area contributed by atoms with Gasteiger partial charge in [-0.15, -0.1) is 10.2 Å². The molecule has 0 saturated carbocycles. The molecule has 0 amide bonds. The third-order valence-electron chi connectivity index (χ3n) is 4.42. The predicted octanol–water partition coefficient (Wildman–Crippen LogP) is 4.50. The molecule has 5 heterocycles. The van der Waals surface area contributed by atoms with Gasteiger partial charge in [0.1, 0.15) is 5.82 Å². The number of rotatable bonds is 0. The minimum Gasteiger partial charge on any atom is -0.261 e. The Kier molecular flexibility index (Phi) is 14.9. The van der Waals surface area contributed by atoms with E-state index < -0.39 is 0 Å². The lowest BCUT2D eigenvalue weighted by molar-refractivity contribution is 0.629. The molecule has 0 atom stereocenters. The van der Waals surface area contributed by atoms with Gasteiger partial charge in [0.25, 0.3) is 0 Å². The van der Waals surface area contributed by atoms with Crippen molar-refractivity contribution >= 4 is 0 Å². The Hall–Kier alpha value is -4.54. The Bertz CT molecular complexity index is 1040. The Balaban J connectivity index is 0.000000244. The van der Waals surface area contributed by atoms with Crippen molar-refractivity contribution in [1.82, 2.24) is 55.3 Å². The predicted molar refractivity (Wildman–Crippen MR) is 152 cm³/mol. The number of hydrogen-bond acceptors (Lipinski definition) is 10. The van der Waals surface area contributed by atoms with Crippen LogP contribution < -0.4 is 0 Å². The second kappa shape index (κ2) is 17.8. The van der Waals surface area contributed by atoms with Gasteiger partial charge in [-0.2, -0.15) is 15.0 Å². The Morgan fingerprint density at radius 3 is 1.18 bits per heavy atom. The molecule has 0 bridgehead atoms. The number of tetrazole rings is 1. The fourth-order valence-electron chi connectivity index (χ4n) is 2.30. The van der Waals surface area contributed by atoms with Crippen molar-refractivity contribution in [2.24, 2.45) is 7.05 Å². The molecule has 0 unspecified atom stereocenters. The molecule has 0 aliphatic rings. The van der Waals surface area contributed by atoms with Gasteiger partial charge in [-0.1, -0.05) is 6.07 Å². The van der Waals surface area contributed by atoms with Crippen LogP contribution in [-0.2, 0) is 7.05 Å². The first-order valence-electron chi connectivity index (χ1n) is 12.3. The molecule has 0 aliphatic heterocycles. The molecule has 0 spiro atoms. The van der Waals surface area contributed by atoms with Gasteiger partial charge >= 0.3 is 0 Å². The van der Waals surface area contributed by atoms with Crippen molar-refractivity contribution in [2.75, 3.05) is 0 Å². The molecule has 5 rings (SSSR count). The lowest BCUT2D eigenvalue weighted by atomic mass is 10.3. The van der Waals surface area contributed by atoms with Crippen LogP contribution in [0, 0.1) is 62.3 Å². The molecule has 11 nitrogen and oxygen atoms in total. The lowest BCUT2D eigenvalue weighted by Crippen LogP contribution is -1.91. The molecule has 11 heteroatoms. The standard InChI is InChI=1S/C7H9N.3C6H8N2.C3H6N4/c1-6-3-4-7(2)8-5-6;1-5-3-8-6(2)4-7-5;1-5-3-7-6(2)8-4-5;1-5-3-4-6(2)8-7-5;1-3-4-6-7(2)5-3/h3-5H,1-2H3;3*3-4H,1-2H3;1-2H3. The van der Waals surface area contributed by atoms with E-state index >= 15 is 0 Å². The normalized spacial score (nSPS) is 9.28. The minimum absolute atomic E-state index is 0.711. The zero-order valence-electron chi connectivity index (χ0n) is 24.6. The molecule has 5 aromatic heterocycles. The van der Waals surface area contributed by atoms with Crippen molar-refractivity contribution in [1.29, 1.82) is 0 Å². The summed E-state index contributed by atoms with van der Waals surface area (Å²) in [6.07, 6.45) is 9.00. The van der Waals surface area contributed by atoms with E-state index in [0.717, 1.165) is 39.9 Å². The summed E-state index contributed by atoms with van der Waals surface area (Å²) in [5.41, 5.74) is 7.28. The third-order valence-corrected chi connectivity index (χ3v) is 4.42. The zero-order valence-corrected chi connectivity index (χ0v) is 24.6. The molecule has 39 heavy (non-hydrogen) atoms. The van der Waals surface area contributed by atoms with E-state index in [2.05, 4.69) is 56.6 Å². The maximum atomic E-state index is 4.08. The van der Waals surface area contributed by atoms with Crippen molar-refractivity contribution < 1.29 is 0 Å². The summed E-state index contributed by atoms with van der Waals surface area (Å²) < 4.78 is 0. The van der Waals surface area contributed by atoms with Crippen LogP contribution in [0.4, 0.5) is 0 Å². The van der Waals surface area contributed by atoms with Gasteiger partial charge in [0, 0.05) is 36.7 Å². The first-order valence-corrected chi connectivity index (χ1v) is 12.3. The highest BCUT2D eigenvalue weighted by atomic mass is 15.6. The number of pyridine rings is 1. The molecule has 0 radical (unpaired) electrons. The monoisotopic (exact) mass is 529 g/mol. The average Bonchev–Trinajstić information content (AvgIpc) is 3.30. The van der Waals surface area contributed by atoms with Crippen LogP contribution in [0.5, 0.6) is 0 Å². The Morgan fingerprint density at radius 1 is 0.436 bits per heavy atom. The Labute approximate surface area is 231 Å². The summed E-state index contributed by atoms with van der Waals surface area (Å²) in [6, 6.07) is 7.96. The fourth-order valence-corrected chi connectivity index (χ4v) is 2.30. The van der Waals surface area contributed by atoms with Crippen LogP contribution in [0.25, 0.3) is 0 Å². The average molecular weight is 530 g/mol. The third kappa shape index (κ3) is 16.8. The summed E-state index contributed by atoms with van der Waals surface area (Å²) >= 11 is 0. The topological polar surface area (TPSA) is 134 Å². The first kappa shape index (κ1) is 32.5. The largest absolute Gasteiger partial charge is 0.261 e. The summed E-state index contributed by atoms with van der Waals surface area (Å²) in [5.74, 6) is 1.54. The second-order valence-corrected chi connectivity index (χ2v) is 8.73. The first-order chi connectivity index (χ1) is 18.4. The van der Waals surface area contributed by atoms with E-state index in [1.807, 2.05) is 92.2 Å². The number of aromatic nitrogens is 11. The van der Waals surface area contributed by atoms with E-state index in [-0.39, 0.29) is 0 Å². The maximum absolute atomic E-state index is 4.08. The van der Waals surface area contributed by atoms with Gasteiger partial charge in [-0.3, -0.25) is 15.0 Å². The van der Waals surface area contributed by atoms with E-state index in [4.69, 9.17) is 0 Å². The number of nitrogens with zero attached hydrogens (tertiary/aromatic N) is 11. The molecule has 0 saturated heterocycles. The van der Waals surface area contributed by atoms with Crippen LogP contribution >= 0.6 is 0 Å². The van der Waals surface area contributed by atoms with Gasteiger partial charge in [0.2, 0.25) is 0 Å². The van der Waals surface area contributed by atoms with Crippen molar-refractivity contribution in [3.05, 3.63) is 106 Å². The number of aryl methyl sites for hydroxylation is 10. The highest BCUT2D eigenvalue weighted by molar-refractivity contribution is 5.10. The molecule has 0 aliphatic carbocycles. The van der Waals surface area contributed by atoms with Crippen LogP contribution in [-0.4, -0.2) is 55.3 Å². The smallest absolute Gasteiger partial charge is 0.171 e. The van der Waals surface area contributed by atoms with E-state index in [1.54, 1.807) is 26.4 Å². The summed E-state index contributed by atoms with van der Waals surface area (Å²) in [6.45, 7) is 17.4. The van der Waals surface area contributed by atoms with Crippen molar-refractivity contribution in [2.45, 2.75) is 62.3 Å². The quantitative estimate of drug-likeness (QED) is 0.282. The van der Waals surface area contributed by atoms with E-state index in [0.29, 0.717) is 5.82 Å². The molecular formula is C28H39N11. The summed E-state index contributed by atoms with van der Waals surface area (Å²) in [5, 5.41) is 18.7. The Morgan fingerprint density at radius 2 is 0.897 bits per heavy atom. The van der Waals surface area contributed by atoms with Gasteiger partial charge in [0.15, 0.2) is 5.82 Å². The minimum atomic E-state index is 0.711. The molecule has 206 valence electrons. The van der Waals surface area contributed by atoms with Crippen molar-refractivity contribution in [3.63, 3.8) is 0 Å². The number of hydrogen-bond donors (Lipinski definition) is 0. The van der Waals surface area contributed by atoms with Crippen LogP contribution in [0.2, 0.25) is 0 Å². The maximum Gasteiger partial charge on any atom is 0.171 e. The highest BCUT2D eigenvalue weighted by Crippen LogP contribution is 1.95. The van der Waals surface area contributed by atoms with Crippen LogP contribution in [0.15, 0.2) is 55.2 Å². The second-order valence-electron chi connectivity index (χ2n) is 8.73. The lowest BCUT2D eigenvalue weighted by Gasteiger charge is -1.89. The van der Waals surface area contributed by atoms with E-state index in [1.165, 1.54) is 10.4 Å². The molecule has 0 fully saturated rings. The summed E-state index contributed by atoms with van der Waals surface area (Å²) in [7, 11) is 1.74. The van der Waals surface area contributed by atoms with Crippen molar-refractivity contribution in [3.8, 4) is 0 Å². The molecule has 0 aromatic carbocycles.